The Bertz CT molecular complexity index is 1060. The van der Waals surface area contributed by atoms with Crippen LogP contribution in [0.2, 0.25) is 0 Å². The maximum Gasteiger partial charge on any atom is 0.318 e. The Morgan fingerprint density at radius 1 is 1.21 bits per heavy atom. The van der Waals surface area contributed by atoms with Gasteiger partial charge in [-0.3, -0.25) is 4.79 Å². The molecular weight excluding hydrogens is 438 g/mol. The monoisotopic (exact) mass is 467 g/mol. The van der Waals surface area contributed by atoms with Crippen LogP contribution in [0.25, 0.3) is 0 Å². The molecule has 9 heteroatoms. The molecule has 1 aromatic carbocycles. The number of fused-ring (bicyclic) bond motifs is 1. The molecule has 0 spiro atoms. The van der Waals surface area contributed by atoms with E-state index in [1.807, 2.05) is 54.2 Å². The topological polar surface area (TPSA) is 79.8 Å². The van der Waals surface area contributed by atoms with Gasteiger partial charge in [0.15, 0.2) is 0 Å². The van der Waals surface area contributed by atoms with Gasteiger partial charge in [-0.25, -0.2) is 4.98 Å². The van der Waals surface area contributed by atoms with Crippen molar-refractivity contribution in [1.29, 1.82) is 0 Å². The van der Waals surface area contributed by atoms with Crippen LogP contribution in [0.15, 0.2) is 48.0 Å². The first-order valence-corrected chi connectivity index (χ1v) is 11.8. The number of nitrogens with zero attached hydrogens (tertiary/aromatic N) is 4. The van der Waals surface area contributed by atoms with Gasteiger partial charge in [0.2, 0.25) is 0 Å². The Hall–Kier alpha value is -3.17. The van der Waals surface area contributed by atoms with Crippen LogP contribution in [0.5, 0.6) is 11.8 Å². The first kappa shape index (κ1) is 23.0. The van der Waals surface area contributed by atoms with Crippen LogP contribution in [0.3, 0.4) is 0 Å². The molecule has 0 saturated heterocycles. The van der Waals surface area contributed by atoms with E-state index in [4.69, 9.17) is 9.47 Å². The number of thiophene rings is 1. The van der Waals surface area contributed by atoms with Crippen molar-refractivity contribution in [3.63, 3.8) is 0 Å². The van der Waals surface area contributed by atoms with Crippen LogP contribution in [0.4, 0.5) is 5.82 Å². The number of carbonyl (C=O) groups is 1. The van der Waals surface area contributed by atoms with Crippen LogP contribution in [-0.2, 0) is 6.54 Å². The number of nitrogens with one attached hydrogen (secondary N) is 1. The minimum atomic E-state index is -0.0813. The molecule has 8 nitrogen and oxygen atoms in total. The van der Waals surface area contributed by atoms with Gasteiger partial charge in [-0.15, -0.1) is 11.3 Å². The molecule has 4 rings (SSSR count). The highest BCUT2D eigenvalue weighted by Crippen LogP contribution is 2.29. The van der Waals surface area contributed by atoms with Gasteiger partial charge in [0.1, 0.15) is 23.2 Å². The third-order valence-corrected chi connectivity index (χ3v) is 6.57. The first-order valence-electron chi connectivity index (χ1n) is 10.9. The van der Waals surface area contributed by atoms with Crippen molar-refractivity contribution in [3.8, 4) is 11.8 Å². The zero-order valence-corrected chi connectivity index (χ0v) is 20.0. The highest BCUT2D eigenvalue weighted by molar-refractivity contribution is 7.10. The van der Waals surface area contributed by atoms with Gasteiger partial charge in [-0.1, -0.05) is 18.2 Å². The van der Waals surface area contributed by atoms with Crippen LogP contribution in [-0.4, -0.2) is 61.6 Å². The van der Waals surface area contributed by atoms with E-state index < -0.39 is 0 Å². The van der Waals surface area contributed by atoms with E-state index in [-0.39, 0.29) is 18.0 Å². The summed E-state index contributed by atoms with van der Waals surface area (Å²) in [7, 11) is 5.39. The van der Waals surface area contributed by atoms with E-state index >= 15 is 0 Å². The molecular formula is C24H29N5O3S. The van der Waals surface area contributed by atoms with Crippen molar-refractivity contribution in [1.82, 2.24) is 20.2 Å². The molecule has 1 unspecified atom stereocenters. The first-order chi connectivity index (χ1) is 16.1. The maximum absolute atomic E-state index is 13.2. The highest BCUT2D eigenvalue weighted by atomic mass is 32.1. The Morgan fingerprint density at radius 3 is 2.73 bits per heavy atom. The number of anilines is 1. The molecule has 0 radical (unpaired) electrons. The molecule has 0 saturated carbocycles. The van der Waals surface area contributed by atoms with Gasteiger partial charge in [0.05, 0.1) is 7.11 Å². The zero-order valence-electron chi connectivity index (χ0n) is 19.2. The van der Waals surface area contributed by atoms with Crippen molar-refractivity contribution in [3.05, 3.63) is 64.0 Å². The van der Waals surface area contributed by atoms with Crippen LogP contribution in [0, 0.1) is 0 Å². The molecule has 0 fully saturated rings. The fraction of sp³-hybridized carbons (Fsp3) is 0.375. The van der Waals surface area contributed by atoms with Gasteiger partial charge < -0.3 is 24.6 Å². The summed E-state index contributed by atoms with van der Waals surface area (Å²) in [6, 6.07) is 12.4. The number of carbonyl (C=O) groups excluding carboxylic acids is 1. The van der Waals surface area contributed by atoms with E-state index in [1.165, 1.54) is 12.0 Å². The normalized spacial score (nSPS) is 14.6. The summed E-state index contributed by atoms with van der Waals surface area (Å²) in [6.45, 7) is 2.65. The number of ether oxygens (including phenoxy) is 2. The van der Waals surface area contributed by atoms with Crippen molar-refractivity contribution in [2.75, 3.05) is 45.7 Å². The molecule has 33 heavy (non-hydrogen) atoms. The Kier molecular flexibility index (Phi) is 7.41. The summed E-state index contributed by atoms with van der Waals surface area (Å²) in [6.07, 6.45) is 2.45. The lowest BCUT2D eigenvalue weighted by atomic mass is 10.1. The average Bonchev–Trinajstić information content (AvgIpc) is 3.35. The second-order valence-corrected chi connectivity index (χ2v) is 8.88. The number of hydrogen-bond acceptors (Lipinski definition) is 8. The van der Waals surface area contributed by atoms with Crippen molar-refractivity contribution < 1.29 is 14.3 Å². The fourth-order valence-corrected chi connectivity index (χ4v) is 4.55. The highest BCUT2D eigenvalue weighted by Gasteiger charge is 2.27. The number of likely N-dealkylation sites (N-methyl/N-ethyl adjacent to an activating group) is 1. The number of hydrogen-bond donors (Lipinski definition) is 1. The fourth-order valence-electron chi connectivity index (χ4n) is 3.76. The molecule has 1 aliphatic heterocycles. The Labute approximate surface area is 198 Å². The molecule has 3 aromatic rings. The number of benzene rings is 1. The minimum absolute atomic E-state index is 0.0134. The lowest BCUT2D eigenvalue weighted by Gasteiger charge is -2.22. The summed E-state index contributed by atoms with van der Waals surface area (Å²) >= 11 is 1.71. The van der Waals surface area contributed by atoms with Gasteiger partial charge in [0.25, 0.3) is 5.91 Å². The largest absolute Gasteiger partial charge is 0.485 e. The molecule has 0 aliphatic carbocycles. The number of amides is 1. The summed E-state index contributed by atoms with van der Waals surface area (Å²) in [5.74, 6) is 1.34. The third-order valence-electron chi connectivity index (χ3n) is 5.61. The van der Waals surface area contributed by atoms with Gasteiger partial charge in [0, 0.05) is 44.2 Å². The summed E-state index contributed by atoms with van der Waals surface area (Å²) in [5, 5.41) is 5.27. The van der Waals surface area contributed by atoms with E-state index in [9.17, 15) is 4.79 Å². The minimum Gasteiger partial charge on any atom is -0.485 e. The maximum atomic E-state index is 13.2. The summed E-state index contributed by atoms with van der Waals surface area (Å²) < 4.78 is 11.4. The van der Waals surface area contributed by atoms with Gasteiger partial charge in [-0.2, -0.15) is 4.98 Å². The van der Waals surface area contributed by atoms with Crippen molar-refractivity contribution in [2.45, 2.75) is 19.1 Å². The molecule has 1 aliphatic rings. The lowest BCUT2D eigenvalue weighted by molar-refractivity contribution is 0.0754. The molecule has 2 aromatic heterocycles. The van der Waals surface area contributed by atoms with Crippen LogP contribution < -0.4 is 19.7 Å². The van der Waals surface area contributed by atoms with Gasteiger partial charge >= 0.3 is 6.01 Å². The SMILES string of the molecule is CNCCC(Oc1ccc(CN2CCN(C)c3nc(OC)ncc3C2=O)cc1)c1cccs1. The molecule has 3 heterocycles. The van der Waals surface area contributed by atoms with Crippen LogP contribution in [0.1, 0.15) is 33.3 Å². The second kappa shape index (κ2) is 10.6. The molecule has 174 valence electrons. The molecule has 1 atom stereocenters. The zero-order chi connectivity index (χ0) is 23.2. The summed E-state index contributed by atoms with van der Waals surface area (Å²) in [5.41, 5.74) is 1.53. The molecule has 1 N–H and O–H groups in total. The predicted molar refractivity (Wildman–Crippen MR) is 129 cm³/mol. The second-order valence-electron chi connectivity index (χ2n) is 7.90. The quantitative estimate of drug-likeness (QED) is 0.517. The van der Waals surface area contributed by atoms with Crippen LogP contribution >= 0.6 is 11.3 Å². The van der Waals surface area contributed by atoms with E-state index in [1.54, 1.807) is 17.5 Å². The van der Waals surface area contributed by atoms with Crippen molar-refractivity contribution >= 4 is 23.1 Å². The Balaban J connectivity index is 1.45. The van der Waals surface area contributed by atoms with Gasteiger partial charge in [-0.05, 0) is 42.7 Å². The smallest absolute Gasteiger partial charge is 0.318 e. The molecule has 0 bridgehead atoms. The lowest BCUT2D eigenvalue weighted by Crippen LogP contribution is -2.33. The summed E-state index contributed by atoms with van der Waals surface area (Å²) in [4.78, 5) is 26.7. The number of aromatic nitrogens is 2. The Morgan fingerprint density at radius 2 is 2.03 bits per heavy atom. The van der Waals surface area contributed by atoms with Crippen molar-refractivity contribution in [2.24, 2.45) is 0 Å². The number of rotatable bonds is 9. The van der Waals surface area contributed by atoms with E-state index in [0.29, 0.717) is 31.0 Å². The van der Waals surface area contributed by atoms with E-state index in [0.717, 1.165) is 24.3 Å². The average molecular weight is 468 g/mol. The standard InChI is InChI=1S/C24H29N5O3S/c1-25-11-10-20(21-5-4-14-33-21)32-18-8-6-17(7-9-18)16-29-13-12-28(2)22-19(23(29)30)15-26-24(27-22)31-3/h4-9,14-15,20,25H,10-13,16H2,1-3H3. The third kappa shape index (κ3) is 5.43. The number of methoxy groups -OCH3 is 1. The molecule has 1 amide bonds. The van der Waals surface area contributed by atoms with E-state index in [2.05, 4.69) is 26.7 Å². The predicted octanol–water partition coefficient (Wildman–Crippen LogP) is 3.37.